The van der Waals surface area contributed by atoms with Gasteiger partial charge in [0.15, 0.2) is 0 Å². The van der Waals surface area contributed by atoms with Crippen LogP contribution in [0.5, 0.6) is 0 Å². The average molecular weight is 282 g/mol. The Morgan fingerprint density at radius 3 is 2.95 bits per heavy atom. The van der Waals surface area contributed by atoms with Crippen LogP contribution in [0.15, 0.2) is 24.3 Å². The van der Waals surface area contributed by atoms with Crippen LogP contribution >= 0.6 is 0 Å². The van der Waals surface area contributed by atoms with Gasteiger partial charge in [0.1, 0.15) is 0 Å². The van der Waals surface area contributed by atoms with Crippen LogP contribution in [0.25, 0.3) is 0 Å². The summed E-state index contributed by atoms with van der Waals surface area (Å²) >= 11 is 0. The third-order valence-corrected chi connectivity index (χ3v) is 5.27. The van der Waals surface area contributed by atoms with Gasteiger partial charge in [0.05, 0.1) is 12.5 Å². The Balaban J connectivity index is 1.63. The number of amides is 1. The molecule has 2 saturated carbocycles. The highest BCUT2D eigenvalue weighted by molar-refractivity contribution is 5.94. The predicted molar refractivity (Wildman–Crippen MR) is 81.6 cm³/mol. The maximum Gasteiger partial charge on any atom is 0.251 e. The lowest BCUT2D eigenvalue weighted by atomic mass is 9.84. The summed E-state index contributed by atoms with van der Waals surface area (Å²) in [4.78, 5) is 12.4. The van der Waals surface area contributed by atoms with Gasteiger partial charge in [-0.3, -0.25) is 4.79 Å². The van der Waals surface area contributed by atoms with E-state index in [0.29, 0.717) is 17.9 Å². The molecule has 0 aliphatic heterocycles. The van der Waals surface area contributed by atoms with Crippen LogP contribution in [0.4, 0.5) is 0 Å². The van der Waals surface area contributed by atoms with Crippen molar-refractivity contribution in [1.29, 1.82) is 5.26 Å². The second kappa shape index (κ2) is 5.89. The number of nitriles is 1. The summed E-state index contributed by atoms with van der Waals surface area (Å²) in [6.07, 6.45) is 5.72. The van der Waals surface area contributed by atoms with Crippen LogP contribution in [0.2, 0.25) is 0 Å². The first-order valence-electron chi connectivity index (χ1n) is 7.94. The maximum atomic E-state index is 12.4. The van der Waals surface area contributed by atoms with Crippen molar-refractivity contribution in [2.75, 3.05) is 0 Å². The molecule has 0 radical (unpaired) electrons. The highest BCUT2D eigenvalue weighted by atomic mass is 16.1. The molecule has 2 bridgehead atoms. The van der Waals surface area contributed by atoms with Crippen molar-refractivity contribution in [2.45, 2.75) is 45.1 Å². The van der Waals surface area contributed by atoms with Crippen LogP contribution in [0.1, 0.15) is 48.5 Å². The van der Waals surface area contributed by atoms with E-state index in [0.717, 1.165) is 17.4 Å². The number of hydrogen-bond acceptors (Lipinski definition) is 2. The molecule has 110 valence electrons. The average Bonchev–Trinajstić information content (AvgIpc) is 3.10. The maximum absolute atomic E-state index is 12.4. The Labute approximate surface area is 126 Å². The number of nitrogens with zero attached hydrogens (tertiary/aromatic N) is 1. The standard InChI is InChI=1S/C18H22N2O/c1-12(17-11-14-5-6-15(17)10-14)20-18(21)16-4-2-3-13(9-16)7-8-19/h2-4,9,12,14-15,17H,5-7,10-11H2,1H3,(H,20,21). The quantitative estimate of drug-likeness (QED) is 0.921. The van der Waals surface area contributed by atoms with Gasteiger partial charge in [-0.25, -0.2) is 0 Å². The van der Waals surface area contributed by atoms with E-state index in [2.05, 4.69) is 18.3 Å². The van der Waals surface area contributed by atoms with Gasteiger partial charge >= 0.3 is 0 Å². The molecular formula is C18H22N2O. The molecule has 2 aliphatic rings. The Kier molecular flexibility index (Phi) is 3.96. The van der Waals surface area contributed by atoms with Crippen molar-refractivity contribution in [2.24, 2.45) is 17.8 Å². The molecule has 2 fully saturated rings. The second-order valence-electron chi connectivity index (χ2n) is 6.64. The topological polar surface area (TPSA) is 52.9 Å². The molecule has 1 aromatic carbocycles. The molecule has 21 heavy (non-hydrogen) atoms. The second-order valence-corrected chi connectivity index (χ2v) is 6.64. The van der Waals surface area contributed by atoms with Gasteiger partial charge in [-0.15, -0.1) is 0 Å². The van der Waals surface area contributed by atoms with E-state index in [1.165, 1.54) is 25.7 Å². The third kappa shape index (κ3) is 2.95. The lowest BCUT2D eigenvalue weighted by molar-refractivity contribution is 0.0915. The molecule has 2 aliphatic carbocycles. The Morgan fingerprint density at radius 1 is 1.43 bits per heavy atom. The first kappa shape index (κ1) is 14.1. The summed E-state index contributed by atoms with van der Waals surface area (Å²) in [5.74, 6) is 2.36. The SMILES string of the molecule is CC(NC(=O)c1cccc(CC#N)c1)C1CC2CCC1C2. The van der Waals surface area contributed by atoms with E-state index in [9.17, 15) is 4.79 Å². The van der Waals surface area contributed by atoms with E-state index < -0.39 is 0 Å². The zero-order valence-corrected chi connectivity index (χ0v) is 12.5. The minimum absolute atomic E-state index is 0.00920. The van der Waals surface area contributed by atoms with E-state index in [1.807, 2.05) is 24.3 Å². The van der Waals surface area contributed by atoms with Gasteiger partial charge in [0, 0.05) is 11.6 Å². The molecule has 3 nitrogen and oxygen atoms in total. The molecule has 4 atom stereocenters. The molecule has 3 rings (SSSR count). The number of carbonyl (C=O) groups excluding carboxylic acids is 1. The summed E-state index contributed by atoms with van der Waals surface area (Å²) in [5.41, 5.74) is 1.57. The Hall–Kier alpha value is -1.82. The number of carbonyl (C=O) groups is 1. The van der Waals surface area contributed by atoms with Gasteiger partial charge in [-0.05, 0) is 61.6 Å². The van der Waals surface area contributed by atoms with Crippen LogP contribution in [0, 0.1) is 29.1 Å². The van der Waals surface area contributed by atoms with Crippen LogP contribution in [-0.4, -0.2) is 11.9 Å². The zero-order chi connectivity index (χ0) is 14.8. The molecule has 0 saturated heterocycles. The van der Waals surface area contributed by atoms with Crippen molar-refractivity contribution in [1.82, 2.24) is 5.32 Å². The molecular weight excluding hydrogens is 260 g/mol. The lowest BCUT2D eigenvalue weighted by Crippen LogP contribution is -2.40. The van der Waals surface area contributed by atoms with E-state index in [4.69, 9.17) is 5.26 Å². The predicted octanol–water partition coefficient (Wildman–Crippen LogP) is 3.31. The van der Waals surface area contributed by atoms with Gasteiger partial charge in [-0.1, -0.05) is 18.6 Å². The lowest BCUT2D eigenvalue weighted by Gasteiger charge is -2.28. The normalized spacial score (nSPS) is 28.1. The van der Waals surface area contributed by atoms with E-state index in [1.54, 1.807) is 0 Å². The van der Waals surface area contributed by atoms with Gasteiger partial charge in [0.25, 0.3) is 5.91 Å². The first-order chi connectivity index (χ1) is 10.2. The Bertz CT molecular complexity index is 575. The van der Waals surface area contributed by atoms with Crippen molar-refractivity contribution < 1.29 is 4.79 Å². The third-order valence-electron chi connectivity index (χ3n) is 5.27. The number of fused-ring (bicyclic) bond motifs is 2. The summed E-state index contributed by atoms with van der Waals surface area (Å²) < 4.78 is 0. The van der Waals surface area contributed by atoms with Gasteiger partial charge < -0.3 is 5.32 Å². The summed E-state index contributed by atoms with van der Waals surface area (Å²) in [6, 6.07) is 9.75. The fourth-order valence-electron chi connectivity index (χ4n) is 4.22. The summed E-state index contributed by atoms with van der Waals surface area (Å²) in [5, 5.41) is 11.9. The smallest absolute Gasteiger partial charge is 0.251 e. The zero-order valence-electron chi connectivity index (χ0n) is 12.5. The molecule has 0 aromatic heterocycles. The monoisotopic (exact) mass is 282 g/mol. The van der Waals surface area contributed by atoms with Crippen molar-refractivity contribution in [3.8, 4) is 6.07 Å². The molecule has 1 amide bonds. The summed E-state index contributed by atoms with van der Waals surface area (Å²) in [7, 11) is 0. The fraction of sp³-hybridized carbons (Fsp3) is 0.556. The van der Waals surface area contributed by atoms with Crippen LogP contribution in [0.3, 0.4) is 0 Å². The van der Waals surface area contributed by atoms with Gasteiger partial charge in [0.2, 0.25) is 0 Å². The number of rotatable bonds is 4. The fourth-order valence-corrected chi connectivity index (χ4v) is 4.22. The van der Waals surface area contributed by atoms with Crippen LogP contribution < -0.4 is 5.32 Å². The van der Waals surface area contributed by atoms with E-state index >= 15 is 0 Å². The molecule has 0 heterocycles. The minimum Gasteiger partial charge on any atom is -0.349 e. The van der Waals surface area contributed by atoms with Crippen molar-refractivity contribution in [3.63, 3.8) is 0 Å². The number of benzene rings is 1. The molecule has 4 unspecified atom stereocenters. The minimum atomic E-state index is -0.00920. The molecule has 1 aromatic rings. The van der Waals surface area contributed by atoms with Crippen molar-refractivity contribution in [3.05, 3.63) is 35.4 Å². The van der Waals surface area contributed by atoms with Crippen molar-refractivity contribution >= 4 is 5.91 Å². The Morgan fingerprint density at radius 2 is 2.29 bits per heavy atom. The number of nitrogens with one attached hydrogen (secondary N) is 1. The number of hydrogen-bond donors (Lipinski definition) is 1. The molecule has 0 spiro atoms. The van der Waals surface area contributed by atoms with Crippen LogP contribution in [-0.2, 0) is 6.42 Å². The molecule has 3 heteroatoms. The molecule has 1 N–H and O–H groups in total. The summed E-state index contributed by atoms with van der Waals surface area (Å²) in [6.45, 7) is 2.14. The first-order valence-corrected chi connectivity index (χ1v) is 7.94. The highest BCUT2D eigenvalue weighted by Gasteiger charge is 2.42. The van der Waals surface area contributed by atoms with Gasteiger partial charge in [-0.2, -0.15) is 5.26 Å². The van der Waals surface area contributed by atoms with E-state index in [-0.39, 0.29) is 11.9 Å². The highest BCUT2D eigenvalue weighted by Crippen LogP contribution is 2.49. The largest absolute Gasteiger partial charge is 0.349 e.